The molecule has 0 spiro atoms. The molecule has 0 aliphatic carbocycles. The Balaban J connectivity index is 1.88. The molecule has 11 amide bonds. The Morgan fingerprint density at radius 3 is 1.06 bits per heavy atom. The van der Waals surface area contributed by atoms with Gasteiger partial charge in [0.05, 0.1) is 24.9 Å². The maximum Gasteiger partial charge on any atom is 0.326 e. The number of aromatic hydroxyl groups is 2. The van der Waals surface area contributed by atoms with Crippen molar-refractivity contribution in [2.24, 2.45) is 23.3 Å². The van der Waals surface area contributed by atoms with E-state index in [9.17, 15) is 113 Å². The summed E-state index contributed by atoms with van der Waals surface area (Å²) in [5, 5.41) is 118. The molecule has 0 fully saturated rings. The zero-order valence-corrected chi connectivity index (χ0v) is 60.1. The van der Waals surface area contributed by atoms with Crippen LogP contribution in [-0.4, -0.2) is 233 Å². The third-order valence-electron chi connectivity index (χ3n) is 16.5. The summed E-state index contributed by atoms with van der Waals surface area (Å²) in [5.74, 6) is -17.8. The second-order valence-corrected chi connectivity index (χ2v) is 26.6. The van der Waals surface area contributed by atoms with Gasteiger partial charge >= 0.3 is 17.9 Å². The lowest BCUT2D eigenvalue weighted by molar-refractivity contribution is -0.142. The zero-order valence-electron chi connectivity index (χ0n) is 60.1. The van der Waals surface area contributed by atoms with E-state index >= 15 is 0 Å². The highest BCUT2D eigenvalue weighted by atomic mass is 16.4. The quantitative estimate of drug-likeness (QED) is 0.0239. The van der Waals surface area contributed by atoms with Crippen LogP contribution in [0.4, 0.5) is 0 Å². The average molecular weight is 1490 g/mol. The fraction of sp³-hybridized carbons (Fsp3) is 0.543. The van der Waals surface area contributed by atoms with E-state index in [0.29, 0.717) is 23.1 Å². The third kappa shape index (κ3) is 31.9. The van der Waals surface area contributed by atoms with Gasteiger partial charge < -0.3 is 116 Å². The molecule has 0 aliphatic heterocycles. The topological polar surface area (TPSA) is 605 Å². The number of phenols is 2. The summed E-state index contributed by atoms with van der Waals surface area (Å²) in [7, 11) is 0. The number of carbonyl (C=O) groups is 14. The molecule has 24 N–H and O–H groups in total. The third-order valence-corrected chi connectivity index (χ3v) is 16.5. The fourth-order valence-electron chi connectivity index (χ4n) is 10.6. The van der Waals surface area contributed by atoms with Crippen molar-refractivity contribution in [1.82, 2.24) is 58.5 Å². The molecule has 36 heteroatoms. The number of carboxylic acid groups (broad SMARTS) is 3. The van der Waals surface area contributed by atoms with Crippen LogP contribution in [0.5, 0.6) is 11.5 Å². The van der Waals surface area contributed by atoms with E-state index in [1.165, 1.54) is 55.5 Å². The number of rotatable bonds is 47. The molecule has 15 atom stereocenters. The van der Waals surface area contributed by atoms with Crippen LogP contribution in [0, 0.1) is 11.8 Å². The number of nitrogens with two attached hydrogens (primary N) is 2. The summed E-state index contributed by atoms with van der Waals surface area (Å²) in [6, 6.07) is -1.07. The Labute approximate surface area is 612 Å². The van der Waals surface area contributed by atoms with Crippen LogP contribution in [0.3, 0.4) is 0 Å². The van der Waals surface area contributed by atoms with Gasteiger partial charge in [-0.3, -0.25) is 62.3 Å². The predicted molar refractivity (Wildman–Crippen MR) is 378 cm³/mol. The molecular weight excluding hydrogens is 1390 g/mol. The number of hydrogen-bond acceptors (Lipinski definition) is 22. The van der Waals surface area contributed by atoms with Gasteiger partial charge in [-0.1, -0.05) is 82.3 Å². The second-order valence-electron chi connectivity index (χ2n) is 26.6. The van der Waals surface area contributed by atoms with Crippen molar-refractivity contribution in [3.05, 3.63) is 95.6 Å². The average Bonchev–Trinajstić information content (AvgIpc) is 0.853. The molecule has 0 heterocycles. The van der Waals surface area contributed by atoms with Crippen molar-refractivity contribution in [2.45, 2.75) is 216 Å². The Morgan fingerprint density at radius 1 is 0.358 bits per heavy atom. The minimum absolute atomic E-state index is 0.0297. The minimum atomic E-state index is -2.09. The molecule has 3 rings (SSSR count). The summed E-state index contributed by atoms with van der Waals surface area (Å²) in [4.78, 5) is 191. The van der Waals surface area contributed by atoms with E-state index in [4.69, 9.17) is 11.5 Å². The van der Waals surface area contributed by atoms with Gasteiger partial charge in [-0.25, -0.2) is 4.79 Å². The number of carboxylic acids is 3. The van der Waals surface area contributed by atoms with Crippen molar-refractivity contribution in [3.8, 4) is 11.5 Å². The molecule has 3 aromatic rings. The van der Waals surface area contributed by atoms with E-state index in [1.54, 1.807) is 58.0 Å². The molecule has 0 bridgehead atoms. The minimum Gasteiger partial charge on any atom is -0.508 e. The maximum atomic E-state index is 14.3. The molecule has 3 aromatic carbocycles. The normalized spacial score (nSPS) is 15.5. The number of aliphatic carboxylic acids is 3. The lowest BCUT2D eigenvalue weighted by Crippen LogP contribution is -2.63. The Bertz CT molecular complexity index is 3440. The van der Waals surface area contributed by atoms with Crippen molar-refractivity contribution in [3.63, 3.8) is 0 Å². The highest BCUT2D eigenvalue weighted by Crippen LogP contribution is 2.17. The van der Waals surface area contributed by atoms with Gasteiger partial charge in [0.15, 0.2) is 0 Å². The van der Waals surface area contributed by atoms with Crippen LogP contribution >= 0.6 is 0 Å². The number of unbranched alkanes of at least 4 members (excludes halogenated alkanes) is 1. The molecule has 586 valence electrons. The number of hydrogen-bond donors (Lipinski definition) is 22. The highest BCUT2D eigenvalue weighted by molar-refractivity contribution is 6.00. The maximum absolute atomic E-state index is 14.3. The predicted octanol–water partition coefficient (Wildman–Crippen LogP) is -4.04. The number of phenolic OH excluding ortho intramolecular Hbond substituents is 2. The van der Waals surface area contributed by atoms with E-state index in [2.05, 4.69) is 58.5 Å². The van der Waals surface area contributed by atoms with Crippen LogP contribution in [0.25, 0.3) is 0 Å². The largest absolute Gasteiger partial charge is 0.508 e. The number of carbonyl (C=O) groups excluding carboxylic acids is 11. The van der Waals surface area contributed by atoms with Crippen LogP contribution in [0.15, 0.2) is 78.9 Å². The van der Waals surface area contributed by atoms with Gasteiger partial charge in [0, 0.05) is 32.1 Å². The number of aliphatic hydroxyl groups excluding tert-OH is 4. The number of nitrogens with one attached hydrogen (secondary N) is 11. The Kier molecular flexibility index (Phi) is 38.2. The smallest absolute Gasteiger partial charge is 0.326 e. The first-order valence-electron chi connectivity index (χ1n) is 34.6. The fourth-order valence-corrected chi connectivity index (χ4v) is 10.6. The highest BCUT2D eigenvalue weighted by Gasteiger charge is 2.39. The summed E-state index contributed by atoms with van der Waals surface area (Å²) in [6.07, 6.45) is -8.40. The van der Waals surface area contributed by atoms with E-state index in [-0.39, 0.29) is 68.9 Å². The van der Waals surface area contributed by atoms with Crippen LogP contribution in [0.2, 0.25) is 0 Å². The number of aliphatic hydroxyl groups is 4. The van der Waals surface area contributed by atoms with E-state index in [1.807, 2.05) is 0 Å². The molecular formula is C70H103N13O23. The molecule has 0 aliphatic rings. The summed E-state index contributed by atoms with van der Waals surface area (Å²) >= 11 is 0. The van der Waals surface area contributed by atoms with Gasteiger partial charge in [-0.2, -0.15) is 0 Å². The zero-order chi connectivity index (χ0) is 79.7. The summed E-state index contributed by atoms with van der Waals surface area (Å²) in [5.41, 5.74) is 12.9. The lowest BCUT2D eigenvalue weighted by Gasteiger charge is -2.30. The van der Waals surface area contributed by atoms with E-state index < -0.39 is 212 Å². The van der Waals surface area contributed by atoms with Crippen molar-refractivity contribution >= 4 is 82.9 Å². The van der Waals surface area contributed by atoms with Crippen LogP contribution in [-0.2, 0) is 86.4 Å². The molecule has 0 radical (unpaired) electrons. The summed E-state index contributed by atoms with van der Waals surface area (Å²) < 4.78 is 0. The first kappa shape index (κ1) is 89.8. The van der Waals surface area contributed by atoms with Gasteiger partial charge in [0.1, 0.15) is 84.0 Å². The second kappa shape index (κ2) is 45.1. The van der Waals surface area contributed by atoms with Gasteiger partial charge in [0.2, 0.25) is 65.0 Å². The Hall–Kier alpha value is -10.4. The van der Waals surface area contributed by atoms with Crippen LogP contribution < -0.4 is 70.0 Å². The monoisotopic (exact) mass is 1490 g/mol. The van der Waals surface area contributed by atoms with Crippen molar-refractivity contribution < 1.29 is 113 Å². The van der Waals surface area contributed by atoms with Gasteiger partial charge in [-0.15, -0.1) is 0 Å². The molecule has 0 aromatic heterocycles. The summed E-state index contributed by atoms with van der Waals surface area (Å²) in [6.45, 7) is 8.94. The van der Waals surface area contributed by atoms with Gasteiger partial charge in [0.25, 0.3) is 0 Å². The SMILES string of the molecule is CC(C)C[C@H](NC(=O)[C@H](CCCCN)NC(=O)[C@H](Cc1ccccc1)NC(=O)[C@@H](N)[C@@H](C)O)C(=O)N[C@@H](CO)C(=O)N[C@@H](CCC(=O)O)C(=O)N[C@H](C(=O)N[C@H](C(=O)N[C@@H](CC(C)C)C(=O)N[C@@H](CCC(=O)O)C(=O)N[C@@H](Cc1ccc(O)cc1)C(=O)N[C@@H](Cc1ccc(O)cc1)C(=O)O)[C@@H](C)O)[C@@H](C)O. The van der Waals surface area contributed by atoms with Crippen molar-refractivity contribution in [1.29, 1.82) is 0 Å². The van der Waals surface area contributed by atoms with Crippen LogP contribution in [0.1, 0.15) is 123 Å². The number of benzene rings is 3. The van der Waals surface area contributed by atoms with E-state index in [0.717, 1.165) is 13.8 Å². The number of amides is 11. The molecule has 36 nitrogen and oxygen atoms in total. The van der Waals surface area contributed by atoms with Crippen molar-refractivity contribution in [2.75, 3.05) is 13.2 Å². The van der Waals surface area contributed by atoms with Gasteiger partial charge in [-0.05, 0) is 125 Å². The first-order chi connectivity index (χ1) is 49.8. The molecule has 0 saturated carbocycles. The molecule has 106 heavy (non-hydrogen) atoms. The lowest BCUT2D eigenvalue weighted by atomic mass is 10.00. The Morgan fingerprint density at radius 2 is 0.670 bits per heavy atom. The first-order valence-corrected chi connectivity index (χ1v) is 34.6. The standard InChI is InChI=1S/C70H103N13O23/c1-35(2)29-48(76-59(94)45(15-11-12-28-71)73-64(99)51(31-40-13-9-8-10-14-40)78-67(102)56(72)37(5)85)63(98)81-53(34-84)66(101)75-47(25-27-55(92)93)61(96)82-58(39(7)87)69(104)83-57(38(6)86)68(103)79-49(30-36(3)4)62(97)74-46(24-26-54(90)91)60(95)77-50(32-41-16-20-43(88)21-17-41)65(100)80-52(70(105)106)33-42-18-22-44(89)23-19-42/h8-10,13-14,16-23,35-39,45-53,56-58,84-89H,11-12,15,24-34,71-72H2,1-7H3,(H,73,99)(H,74,97)(H,75,101)(H,76,94)(H,77,95)(H,78,102)(H,79,103)(H,80,100)(H,81,98)(H,82,96)(H,83,104)(H,90,91)(H,92,93)(H,105,106)/t37-,38-,39-,45+,46+,47+,48+,49+,50+,51+,52+,53+,56+,57+,58+/m1/s1. The molecule has 0 unspecified atom stereocenters. The molecule has 0 saturated heterocycles.